The summed E-state index contributed by atoms with van der Waals surface area (Å²) in [5.74, 6) is 0.576. The molecule has 2 heterocycles. The number of rotatable bonds is 5. The van der Waals surface area contributed by atoms with E-state index in [0.29, 0.717) is 13.0 Å². The first-order valence-electron chi connectivity index (χ1n) is 7.65. The lowest BCUT2D eigenvalue weighted by atomic mass is 10.1. The Morgan fingerprint density at radius 1 is 1.40 bits per heavy atom. The fourth-order valence-corrected chi connectivity index (χ4v) is 5.01. The Morgan fingerprint density at radius 3 is 2.60 bits per heavy atom. The van der Waals surface area contributed by atoms with Crippen molar-refractivity contribution in [1.82, 2.24) is 10.2 Å². The Kier molecular flexibility index (Phi) is 4.74. The van der Waals surface area contributed by atoms with Crippen molar-refractivity contribution in [2.24, 2.45) is 5.92 Å². The molecule has 3 atom stereocenters. The zero-order valence-electron chi connectivity index (χ0n) is 12.6. The summed E-state index contributed by atoms with van der Waals surface area (Å²) in [6, 6.07) is -0.171. The summed E-state index contributed by atoms with van der Waals surface area (Å²) in [5.41, 5.74) is 0. The van der Waals surface area contributed by atoms with Crippen molar-refractivity contribution in [3.8, 4) is 0 Å². The van der Waals surface area contributed by atoms with E-state index in [0.717, 1.165) is 19.3 Å². The summed E-state index contributed by atoms with van der Waals surface area (Å²) in [6.45, 7) is 6.49. The first kappa shape index (κ1) is 15.8. The minimum Gasteiger partial charge on any atom is -0.324 e. The molecule has 2 rings (SSSR count). The van der Waals surface area contributed by atoms with Crippen LogP contribution in [-0.4, -0.2) is 49.0 Å². The number of sulfone groups is 1. The fraction of sp³-hybridized carbons (Fsp3) is 0.929. The van der Waals surface area contributed by atoms with Crippen LogP contribution >= 0.6 is 0 Å². The summed E-state index contributed by atoms with van der Waals surface area (Å²) in [5, 5.41) is 3.01. The van der Waals surface area contributed by atoms with E-state index in [4.69, 9.17) is 0 Å². The fourth-order valence-electron chi connectivity index (χ4n) is 3.19. The Morgan fingerprint density at radius 2 is 2.10 bits per heavy atom. The number of hydrogen-bond acceptors (Lipinski definition) is 4. The maximum atomic E-state index is 12.5. The van der Waals surface area contributed by atoms with Crippen LogP contribution in [0.15, 0.2) is 0 Å². The predicted molar refractivity (Wildman–Crippen MR) is 79.0 cm³/mol. The second kappa shape index (κ2) is 6.02. The number of nitrogens with zero attached hydrogens (tertiary/aromatic N) is 1. The van der Waals surface area contributed by atoms with Crippen LogP contribution < -0.4 is 5.32 Å². The molecule has 0 saturated carbocycles. The van der Waals surface area contributed by atoms with Crippen LogP contribution in [0.5, 0.6) is 0 Å². The molecule has 2 saturated heterocycles. The van der Waals surface area contributed by atoms with E-state index in [2.05, 4.69) is 12.2 Å². The highest BCUT2D eigenvalue weighted by Gasteiger charge is 2.43. The molecule has 0 aromatic carbocycles. The largest absolute Gasteiger partial charge is 0.324 e. The number of carbonyl (C=O) groups is 1. The molecule has 0 bridgehead atoms. The Hall–Kier alpha value is -0.620. The van der Waals surface area contributed by atoms with Gasteiger partial charge in [0.1, 0.15) is 0 Å². The van der Waals surface area contributed by atoms with Crippen LogP contribution in [0.1, 0.15) is 46.5 Å². The monoisotopic (exact) mass is 302 g/mol. The van der Waals surface area contributed by atoms with Crippen molar-refractivity contribution in [2.45, 2.75) is 63.9 Å². The Bertz CT molecular complexity index is 461. The molecule has 2 fully saturated rings. The van der Waals surface area contributed by atoms with Crippen molar-refractivity contribution < 1.29 is 13.2 Å². The molecule has 1 N–H and O–H groups in total. The summed E-state index contributed by atoms with van der Waals surface area (Å²) in [7, 11) is -3.00. The summed E-state index contributed by atoms with van der Waals surface area (Å²) in [6.07, 6.45) is 3.27. The van der Waals surface area contributed by atoms with Crippen molar-refractivity contribution in [3.05, 3.63) is 0 Å². The summed E-state index contributed by atoms with van der Waals surface area (Å²) < 4.78 is 24.0. The molecule has 5 nitrogen and oxygen atoms in total. The van der Waals surface area contributed by atoms with Crippen LogP contribution in [0.25, 0.3) is 0 Å². The van der Waals surface area contributed by atoms with E-state index in [9.17, 15) is 13.2 Å². The lowest BCUT2D eigenvalue weighted by molar-refractivity contribution is -0.130. The van der Waals surface area contributed by atoms with E-state index >= 15 is 0 Å². The van der Waals surface area contributed by atoms with Gasteiger partial charge in [0.25, 0.3) is 0 Å². The van der Waals surface area contributed by atoms with Gasteiger partial charge in [-0.05, 0) is 25.2 Å². The minimum absolute atomic E-state index is 0.00398. The molecule has 6 heteroatoms. The van der Waals surface area contributed by atoms with Crippen LogP contribution in [0, 0.1) is 5.92 Å². The predicted octanol–water partition coefficient (Wildman–Crippen LogP) is 1.15. The quantitative estimate of drug-likeness (QED) is 0.827. The second-order valence-corrected chi connectivity index (χ2v) is 8.72. The highest BCUT2D eigenvalue weighted by Crippen LogP contribution is 2.26. The highest BCUT2D eigenvalue weighted by atomic mass is 32.2. The van der Waals surface area contributed by atoms with Crippen molar-refractivity contribution in [2.75, 3.05) is 12.3 Å². The highest BCUT2D eigenvalue weighted by molar-refractivity contribution is 7.92. The van der Waals surface area contributed by atoms with Crippen molar-refractivity contribution in [3.63, 3.8) is 0 Å². The first-order chi connectivity index (χ1) is 9.36. The Balaban J connectivity index is 2.12. The molecule has 0 aliphatic carbocycles. The molecule has 2 aliphatic heterocycles. The third kappa shape index (κ3) is 3.01. The molecule has 116 valence electrons. The summed E-state index contributed by atoms with van der Waals surface area (Å²) in [4.78, 5) is 14.3. The average Bonchev–Trinajstić information content (AvgIpc) is 2.84. The number of hydrogen-bond donors (Lipinski definition) is 1. The van der Waals surface area contributed by atoms with Gasteiger partial charge in [0.15, 0.2) is 9.84 Å². The lowest BCUT2D eigenvalue weighted by Gasteiger charge is -2.26. The number of carbonyl (C=O) groups excluding carboxylic acids is 1. The molecular formula is C14H26N2O3S. The summed E-state index contributed by atoms with van der Waals surface area (Å²) >= 11 is 0. The van der Waals surface area contributed by atoms with Crippen LogP contribution in [0.4, 0.5) is 0 Å². The van der Waals surface area contributed by atoms with Gasteiger partial charge in [-0.1, -0.05) is 27.2 Å². The van der Waals surface area contributed by atoms with Gasteiger partial charge in [-0.2, -0.15) is 0 Å². The topological polar surface area (TPSA) is 66.5 Å². The molecular weight excluding hydrogens is 276 g/mol. The average molecular weight is 302 g/mol. The molecule has 0 radical (unpaired) electrons. The van der Waals surface area contributed by atoms with E-state index in [1.807, 2.05) is 13.8 Å². The van der Waals surface area contributed by atoms with Gasteiger partial charge in [-0.15, -0.1) is 0 Å². The van der Waals surface area contributed by atoms with E-state index in [1.54, 1.807) is 4.90 Å². The van der Waals surface area contributed by atoms with Crippen molar-refractivity contribution >= 4 is 15.7 Å². The molecule has 0 aromatic rings. The maximum Gasteiger partial charge on any atom is 0.241 e. The number of nitrogens with one attached hydrogen (secondary N) is 1. The zero-order chi connectivity index (χ0) is 14.9. The normalized spacial score (nSPS) is 33.3. The SMILES string of the molecule is CCCC1NC(C(C)C)C(=O)N1CC1CCCS1(=O)=O. The third-order valence-electron chi connectivity index (χ3n) is 4.39. The molecule has 0 aromatic heterocycles. The molecule has 1 amide bonds. The standard InChI is InChI=1S/C14H26N2O3S/c1-4-6-12-15-13(10(2)3)14(17)16(12)9-11-7-5-8-20(11,18)19/h10-13,15H,4-9H2,1-3H3. The van der Waals surface area contributed by atoms with Gasteiger partial charge in [-0.3, -0.25) is 10.1 Å². The second-order valence-electron chi connectivity index (χ2n) is 6.31. The van der Waals surface area contributed by atoms with Gasteiger partial charge in [0, 0.05) is 6.54 Å². The molecule has 3 unspecified atom stereocenters. The lowest BCUT2D eigenvalue weighted by Crippen LogP contribution is -2.43. The van der Waals surface area contributed by atoms with Gasteiger partial charge >= 0.3 is 0 Å². The zero-order valence-corrected chi connectivity index (χ0v) is 13.4. The third-order valence-corrected chi connectivity index (χ3v) is 6.65. The molecule has 0 spiro atoms. The van der Waals surface area contributed by atoms with Crippen LogP contribution in [0.2, 0.25) is 0 Å². The molecule has 20 heavy (non-hydrogen) atoms. The molecule has 2 aliphatic rings. The van der Waals surface area contributed by atoms with Crippen molar-refractivity contribution in [1.29, 1.82) is 0 Å². The van der Waals surface area contributed by atoms with Gasteiger partial charge in [0.2, 0.25) is 5.91 Å². The first-order valence-corrected chi connectivity index (χ1v) is 9.36. The van der Waals surface area contributed by atoms with E-state index < -0.39 is 9.84 Å². The smallest absolute Gasteiger partial charge is 0.241 e. The van der Waals surface area contributed by atoms with Gasteiger partial charge in [-0.25, -0.2) is 8.42 Å². The van der Waals surface area contributed by atoms with Gasteiger partial charge in [0.05, 0.1) is 23.2 Å². The van der Waals surface area contributed by atoms with Crippen LogP contribution in [-0.2, 0) is 14.6 Å². The maximum absolute atomic E-state index is 12.5. The van der Waals surface area contributed by atoms with Gasteiger partial charge < -0.3 is 4.90 Å². The minimum atomic E-state index is -3.00. The Labute approximate surface area is 122 Å². The van der Waals surface area contributed by atoms with Crippen LogP contribution in [0.3, 0.4) is 0 Å². The van der Waals surface area contributed by atoms with E-state index in [1.165, 1.54) is 0 Å². The van der Waals surface area contributed by atoms with E-state index in [-0.39, 0.29) is 35.0 Å². The number of amides is 1.